The van der Waals surface area contributed by atoms with Gasteiger partial charge in [0.1, 0.15) is 0 Å². The van der Waals surface area contributed by atoms with Crippen LogP contribution in [0.15, 0.2) is 65.7 Å². The minimum Gasteiger partial charge on any atom is -0.352 e. The van der Waals surface area contributed by atoms with Crippen LogP contribution in [0, 0.1) is 17.5 Å². The maximum Gasteiger partial charge on any atom is 0.267 e. The van der Waals surface area contributed by atoms with E-state index in [0.717, 1.165) is 36.2 Å². The van der Waals surface area contributed by atoms with Crippen molar-refractivity contribution in [3.8, 4) is 22.6 Å². The zero-order valence-electron chi connectivity index (χ0n) is 21.8. The Morgan fingerprint density at radius 2 is 1.77 bits per heavy atom. The monoisotopic (exact) mass is 548 g/mol. The fourth-order valence-electron chi connectivity index (χ4n) is 4.79. The third-order valence-electron chi connectivity index (χ3n) is 7.01. The second-order valence-corrected chi connectivity index (χ2v) is 9.79. The molecule has 1 unspecified atom stereocenters. The number of aromatic nitrogens is 4. The van der Waals surface area contributed by atoms with E-state index in [1.165, 1.54) is 30.9 Å². The molecule has 1 N–H and O–H groups in total. The number of amides is 1. The van der Waals surface area contributed by atoms with Crippen LogP contribution in [0.1, 0.15) is 35.2 Å². The Hall–Kier alpha value is -4.38. The molecular formula is C29H27F3N6O2. The molecule has 3 heterocycles. The van der Waals surface area contributed by atoms with E-state index in [9.17, 15) is 22.8 Å². The molecule has 0 saturated carbocycles. The lowest BCUT2D eigenvalue weighted by atomic mass is 10.1. The van der Waals surface area contributed by atoms with Crippen LogP contribution in [0.4, 0.5) is 13.2 Å². The maximum absolute atomic E-state index is 13.7. The predicted octanol–water partition coefficient (Wildman–Crippen LogP) is 4.05. The summed E-state index contributed by atoms with van der Waals surface area (Å²) < 4.78 is 41.9. The van der Waals surface area contributed by atoms with Gasteiger partial charge in [-0.1, -0.05) is 18.2 Å². The zero-order valence-corrected chi connectivity index (χ0v) is 21.8. The van der Waals surface area contributed by atoms with E-state index in [1.54, 1.807) is 24.3 Å². The van der Waals surface area contributed by atoms with Crippen molar-refractivity contribution in [3.63, 3.8) is 0 Å². The number of halogens is 3. The van der Waals surface area contributed by atoms with E-state index in [0.29, 0.717) is 35.1 Å². The first kappa shape index (κ1) is 27.2. The Bertz CT molecular complexity index is 1570. The summed E-state index contributed by atoms with van der Waals surface area (Å²) in [6, 6.07) is 11.8. The summed E-state index contributed by atoms with van der Waals surface area (Å²) in [6.07, 6.45) is 6.18. The number of carbonyl (C=O) groups is 1. The normalized spacial score (nSPS) is 15.3. The lowest BCUT2D eigenvalue weighted by Crippen LogP contribution is -2.31. The molecule has 1 aliphatic heterocycles. The molecule has 11 heteroatoms. The second-order valence-electron chi connectivity index (χ2n) is 9.79. The van der Waals surface area contributed by atoms with E-state index in [1.807, 2.05) is 0 Å². The number of benzene rings is 2. The summed E-state index contributed by atoms with van der Waals surface area (Å²) in [7, 11) is 2.10. The van der Waals surface area contributed by atoms with Crippen molar-refractivity contribution < 1.29 is 18.0 Å². The van der Waals surface area contributed by atoms with Crippen molar-refractivity contribution in [2.75, 3.05) is 20.1 Å². The number of nitrogens with one attached hydrogen (secondary N) is 1. The van der Waals surface area contributed by atoms with Crippen LogP contribution in [-0.4, -0.2) is 56.7 Å². The van der Waals surface area contributed by atoms with Gasteiger partial charge in [0.25, 0.3) is 11.5 Å². The van der Waals surface area contributed by atoms with Gasteiger partial charge in [0.2, 0.25) is 0 Å². The smallest absolute Gasteiger partial charge is 0.267 e. The molecular weight excluding hydrogens is 521 g/mol. The van der Waals surface area contributed by atoms with Crippen LogP contribution in [0.2, 0.25) is 0 Å². The van der Waals surface area contributed by atoms with Crippen LogP contribution in [0.3, 0.4) is 0 Å². The molecule has 1 fully saturated rings. The molecule has 0 spiro atoms. The molecule has 2 aromatic heterocycles. The summed E-state index contributed by atoms with van der Waals surface area (Å²) in [4.78, 5) is 36.0. The van der Waals surface area contributed by atoms with Crippen molar-refractivity contribution in [1.29, 1.82) is 0 Å². The average molecular weight is 549 g/mol. The van der Waals surface area contributed by atoms with Crippen molar-refractivity contribution in [3.05, 3.63) is 99.9 Å². The summed E-state index contributed by atoms with van der Waals surface area (Å²) >= 11 is 0. The van der Waals surface area contributed by atoms with Crippen LogP contribution in [-0.2, 0) is 6.54 Å². The van der Waals surface area contributed by atoms with Gasteiger partial charge >= 0.3 is 0 Å². The molecule has 1 atom stereocenters. The number of carbonyl (C=O) groups excluding carboxylic acids is 1. The first-order chi connectivity index (χ1) is 19.3. The summed E-state index contributed by atoms with van der Waals surface area (Å²) in [5, 5.41) is 7.13. The standard InChI is InChI=1S/C29H27F3N6O2/c1-37-11-3-6-22(37)9-10-33-29(40)21-15-34-28(35-16-21)19-5-2-4-18(12-19)17-38-26(39)8-7-25(36-38)20-13-23(30)27(32)24(31)14-20/h2,4-5,7-8,12-16,22H,3,6,9-11,17H2,1H3,(H,33,40). The topological polar surface area (TPSA) is 93.0 Å². The van der Waals surface area contributed by atoms with Crippen molar-refractivity contribution >= 4 is 5.91 Å². The van der Waals surface area contributed by atoms with Gasteiger partial charge in [-0.05, 0) is 62.7 Å². The van der Waals surface area contributed by atoms with E-state index < -0.39 is 23.0 Å². The molecule has 40 heavy (non-hydrogen) atoms. The van der Waals surface area contributed by atoms with Crippen molar-refractivity contribution in [2.24, 2.45) is 0 Å². The fourth-order valence-corrected chi connectivity index (χ4v) is 4.79. The predicted molar refractivity (Wildman–Crippen MR) is 143 cm³/mol. The first-order valence-corrected chi connectivity index (χ1v) is 12.9. The average Bonchev–Trinajstić information content (AvgIpc) is 3.37. The molecule has 2 aromatic carbocycles. The molecule has 1 saturated heterocycles. The Morgan fingerprint density at radius 1 is 1.02 bits per heavy atom. The third kappa shape index (κ3) is 6.09. The quantitative estimate of drug-likeness (QED) is 0.334. The highest BCUT2D eigenvalue weighted by Crippen LogP contribution is 2.22. The van der Waals surface area contributed by atoms with Gasteiger partial charge < -0.3 is 10.2 Å². The highest BCUT2D eigenvalue weighted by Gasteiger charge is 2.20. The fraction of sp³-hybridized carbons (Fsp3) is 0.276. The van der Waals surface area contributed by atoms with Crippen LogP contribution in [0.5, 0.6) is 0 Å². The molecule has 1 aliphatic rings. The summed E-state index contributed by atoms with van der Waals surface area (Å²) in [6.45, 7) is 1.73. The van der Waals surface area contributed by atoms with Gasteiger partial charge in [0.15, 0.2) is 23.3 Å². The molecule has 0 bridgehead atoms. The Morgan fingerprint density at radius 3 is 2.48 bits per heavy atom. The molecule has 1 amide bonds. The lowest BCUT2D eigenvalue weighted by Gasteiger charge is -2.19. The van der Waals surface area contributed by atoms with Gasteiger partial charge in [-0.3, -0.25) is 9.59 Å². The van der Waals surface area contributed by atoms with Crippen LogP contribution < -0.4 is 10.9 Å². The Kier molecular flexibility index (Phi) is 8.01. The summed E-state index contributed by atoms with van der Waals surface area (Å²) in [5.74, 6) is -4.09. The summed E-state index contributed by atoms with van der Waals surface area (Å²) in [5.41, 5.74) is 1.41. The second kappa shape index (κ2) is 11.8. The molecule has 4 aromatic rings. The number of hydrogen-bond donors (Lipinski definition) is 1. The highest BCUT2D eigenvalue weighted by atomic mass is 19.2. The number of likely N-dealkylation sites (tertiary alicyclic amines) is 1. The number of hydrogen-bond acceptors (Lipinski definition) is 6. The van der Waals surface area contributed by atoms with E-state index in [4.69, 9.17) is 0 Å². The number of nitrogens with zero attached hydrogens (tertiary/aromatic N) is 5. The van der Waals surface area contributed by atoms with Gasteiger partial charge in [-0.15, -0.1) is 0 Å². The Balaban J connectivity index is 1.27. The number of rotatable bonds is 8. The first-order valence-electron chi connectivity index (χ1n) is 12.9. The van der Waals surface area contributed by atoms with Crippen molar-refractivity contribution in [2.45, 2.75) is 31.8 Å². The molecule has 206 valence electrons. The van der Waals surface area contributed by atoms with Crippen LogP contribution in [0.25, 0.3) is 22.6 Å². The zero-order chi connectivity index (χ0) is 28.2. The largest absolute Gasteiger partial charge is 0.352 e. The highest BCUT2D eigenvalue weighted by molar-refractivity contribution is 5.93. The van der Waals surface area contributed by atoms with E-state index in [-0.39, 0.29) is 23.7 Å². The van der Waals surface area contributed by atoms with E-state index >= 15 is 0 Å². The Labute approximate surface area is 228 Å². The van der Waals surface area contributed by atoms with Crippen molar-refractivity contribution in [1.82, 2.24) is 30.0 Å². The molecule has 5 rings (SSSR count). The van der Waals surface area contributed by atoms with Crippen LogP contribution >= 0.6 is 0 Å². The van der Waals surface area contributed by atoms with Gasteiger partial charge in [-0.25, -0.2) is 27.8 Å². The van der Waals surface area contributed by atoms with Gasteiger partial charge in [-0.2, -0.15) is 5.10 Å². The SMILES string of the molecule is CN1CCCC1CCNC(=O)c1cnc(-c2cccc(Cn3nc(-c4cc(F)c(F)c(F)c4)ccc3=O)c2)nc1. The molecule has 0 radical (unpaired) electrons. The minimum absolute atomic E-state index is 0.00213. The molecule has 0 aliphatic carbocycles. The molecule has 8 nitrogen and oxygen atoms in total. The van der Waals surface area contributed by atoms with E-state index in [2.05, 4.69) is 32.3 Å². The third-order valence-corrected chi connectivity index (χ3v) is 7.01. The van der Waals surface area contributed by atoms with Gasteiger partial charge in [0.05, 0.1) is 17.8 Å². The lowest BCUT2D eigenvalue weighted by molar-refractivity contribution is 0.0949. The maximum atomic E-state index is 13.7. The minimum atomic E-state index is -1.57. The van der Waals surface area contributed by atoms with Gasteiger partial charge in [0, 0.05) is 42.2 Å².